The average molecular weight is 255 g/mol. The molecule has 19 heavy (non-hydrogen) atoms. The lowest BCUT2D eigenvalue weighted by atomic mass is 9.85. The molecule has 0 saturated heterocycles. The van der Waals surface area contributed by atoms with Crippen LogP contribution in [0.3, 0.4) is 0 Å². The van der Waals surface area contributed by atoms with Crippen molar-refractivity contribution in [3.8, 4) is 0 Å². The molecule has 1 aliphatic heterocycles. The highest BCUT2D eigenvalue weighted by Gasteiger charge is 2.29. The molecule has 3 nitrogen and oxygen atoms in total. The first-order valence-corrected chi connectivity index (χ1v) is 6.89. The molecule has 0 aliphatic carbocycles. The molecule has 100 valence electrons. The maximum absolute atomic E-state index is 4.22. The summed E-state index contributed by atoms with van der Waals surface area (Å²) in [5.41, 5.74) is 5.73. The lowest BCUT2D eigenvalue weighted by Crippen LogP contribution is -2.19. The summed E-state index contributed by atoms with van der Waals surface area (Å²) in [6, 6.07) is 6.83. The van der Waals surface area contributed by atoms with Crippen LogP contribution in [-0.2, 0) is 25.3 Å². The van der Waals surface area contributed by atoms with E-state index in [-0.39, 0.29) is 5.41 Å². The maximum atomic E-state index is 4.22. The summed E-state index contributed by atoms with van der Waals surface area (Å²) < 4.78 is 1.87. The quantitative estimate of drug-likeness (QED) is 0.914. The van der Waals surface area contributed by atoms with Gasteiger partial charge in [-0.25, -0.2) is 0 Å². The molecule has 1 aliphatic rings. The molecule has 0 saturated carbocycles. The van der Waals surface area contributed by atoms with E-state index in [9.17, 15) is 0 Å². The fourth-order valence-electron chi connectivity index (χ4n) is 2.76. The lowest BCUT2D eigenvalue weighted by molar-refractivity contribution is 0.585. The van der Waals surface area contributed by atoms with Gasteiger partial charge in [0.05, 0.1) is 6.20 Å². The molecular weight excluding hydrogens is 234 g/mol. The van der Waals surface area contributed by atoms with Gasteiger partial charge in [0.1, 0.15) is 0 Å². The molecule has 1 aromatic heterocycles. The molecule has 3 heteroatoms. The molecule has 0 amide bonds. The van der Waals surface area contributed by atoms with Crippen LogP contribution in [0.5, 0.6) is 0 Å². The van der Waals surface area contributed by atoms with Gasteiger partial charge < -0.3 is 5.32 Å². The maximum Gasteiger partial charge on any atom is 0.0521 e. The third-order valence-corrected chi connectivity index (χ3v) is 3.99. The van der Waals surface area contributed by atoms with E-state index >= 15 is 0 Å². The first-order valence-electron chi connectivity index (χ1n) is 6.89. The Labute approximate surface area is 114 Å². The minimum atomic E-state index is 0.250. The minimum absolute atomic E-state index is 0.250. The number of aromatic nitrogens is 2. The molecule has 0 atom stereocenters. The van der Waals surface area contributed by atoms with E-state index in [4.69, 9.17) is 0 Å². The highest BCUT2D eigenvalue weighted by atomic mass is 15.2. The zero-order valence-corrected chi connectivity index (χ0v) is 11.9. The van der Waals surface area contributed by atoms with Crippen molar-refractivity contribution >= 4 is 5.69 Å². The number of aryl methyl sites for hydroxylation is 3. The fourth-order valence-corrected chi connectivity index (χ4v) is 2.76. The smallest absolute Gasteiger partial charge is 0.0521 e. The van der Waals surface area contributed by atoms with Crippen LogP contribution in [0.1, 0.15) is 30.5 Å². The second-order valence-corrected chi connectivity index (χ2v) is 6.14. The van der Waals surface area contributed by atoms with Crippen LogP contribution >= 0.6 is 0 Å². The number of hydrogen-bond acceptors (Lipinski definition) is 2. The Balaban J connectivity index is 1.76. The van der Waals surface area contributed by atoms with Crippen LogP contribution in [-0.4, -0.2) is 16.3 Å². The Morgan fingerprint density at radius 2 is 2.05 bits per heavy atom. The van der Waals surface area contributed by atoms with Gasteiger partial charge in [-0.1, -0.05) is 26.0 Å². The molecule has 0 fully saturated rings. The second-order valence-electron chi connectivity index (χ2n) is 6.14. The van der Waals surface area contributed by atoms with E-state index in [0.717, 1.165) is 19.4 Å². The van der Waals surface area contributed by atoms with Crippen LogP contribution < -0.4 is 5.32 Å². The number of fused-ring (bicyclic) bond motifs is 1. The van der Waals surface area contributed by atoms with Crippen molar-refractivity contribution in [2.24, 2.45) is 7.05 Å². The van der Waals surface area contributed by atoms with Crippen LogP contribution in [0.4, 0.5) is 5.69 Å². The highest BCUT2D eigenvalue weighted by Crippen LogP contribution is 2.36. The summed E-state index contributed by atoms with van der Waals surface area (Å²) in [4.78, 5) is 0. The Morgan fingerprint density at radius 3 is 2.79 bits per heavy atom. The van der Waals surface area contributed by atoms with E-state index in [1.165, 1.54) is 22.4 Å². The highest BCUT2D eigenvalue weighted by molar-refractivity contribution is 5.60. The van der Waals surface area contributed by atoms with Crippen LogP contribution in [0.15, 0.2) is 30.6 Å². The van der Waals surface area contributed by atoms with Gasteiger partial charge >= 0.3 is 0 Å². The average Bonchev–Trinajstić information content (AvgIpc) is 2.92. The monoisotopic (exact) mass is 255 g/mol. The predicted molar refractivity (Wildman–Crippen MR) is 78.6 cm³/mol. The standard InChI is InChI=1S/C16H21N3/c1-16(2)11-17-15-7-6-12(8-14(15)16)4-5-13-9-18-19(3)10-13/h6-10,17H,4-5,11H2,1-3H3. The molecule has 0 radical (unpaired) electrons. The van der Waals surface area contributed by atoms with E-state index in [2.05, 4.69) is 48.7 Å². The fraction of sp³-hybridized carbons (Fsp3) is 0.438. The summed E-state index contributed by atoms with van der Waals surface area (Å²) in [5.74, 6) is 0. The van der Waals surface area contributed by atoms with Gasteiger partial charge in [0.25, 0.3) is 0 Å². The number of hydrogen-bond donors (Lipinski definition) is 1. The summed E-state index contributed by atoms with van der Waals surface area (Å²) in [6.07, 6.45) is 6.19. The molecule has 2 aromatic rings. The zero-order valence-electron chi connectivity index (χ0n) is 11.9. The Hall–Kier alpha value is -1.77. The lowest BCUT2D eigenvalue weighted by Gasteiger charge is -2.17. The number of nitrogens with one attached hydrogen (secondary N) is 1. The predicted octanol–water partition coefficient (Wildman–Crippen LogP) is 2.91. The van der Waals surface area contributed by atoms with Crippen molar-refractivity contribution in [2.75, 3.05) is 11.9 Å². The van der Waals surface area contributed by atoms with Gasteiger partial charge in [-0.05, 0) is 35.6 Å². The summed E-state index contributed by atoms with van der Waals surface area (Å²) >= 11 is 0. The Bertz CT molecular complexity index is 596. The number of rotatable bonds is 3. The van der Waals surface area contributed by atoms with Crippen molar-refractivity contribution in [2.45, 2.75) is 32.1 Å². The van der Waals surface area contributed by atoms with Gasteiger partial charge in [-0.2, -0.15) is 5.10 Å². The molecule has 0 unspecified atom stereocenters. The number of anilines is 1. The largest absolute Gasteiger partial charge is 0.384 e. The van der Waals surface area contributed by atoms with Crippen molar-refractivity contribution in [3.63, 3.8) is 0 Å². The van der Waals surface area contributed by atoms with Gasteiger partial charge in [0.2, 0.25) is 0 Å². The zero-order chi connectivity index (χ0) is 13.5. The van der Waals surface area contributed by atoms with Crippen LogP contribution in [0, 0.1) is 0 Å². The minimum Gasteiger partial charge on any atom is -0.384 e. The SMILES string of the molecule is Cn1cc(CCc2ccc3c(c2)C(C)(C)CN3)cn1. The van der Waals surface area contributed by atoms with Gasteiger partial charge in [0, 0.05) is 30.9 Å². The summed E-state index contributed by atoms with van der Waals surface area (Å²) in [6.45, 7) is 5.64. The molecule has 1 aromatic carbocycles. The first kappa shape index (κ1) is 12.3. The first-order chi connectivity index (χ1) is 9.04. The molecular formula is C16H21N3. The van der Waals surface area contributed by atoms with Crippen molar-refractivity contribution < 1.29 is 0 Å². The Kier molecular flexibility index (Phi) is 2.85. The topological polar surface area (TPSA) is 29.9 Å². The van der Waals surface area contributed by atoms with Gasteiger partial charge in [-0.15, -0.1) is 0 Å². The summed E-state index contributed by atoms with van der Waals surface area (Å²) in [7, 11) is 1.97. The van der Waals surface area contributed by atoms with Crippen LogP contribution in [0.25, 0.3) is 0 Å². The molecule has 2 heterocycles. The Morgan fingerprint density at radius 1 is 1.26 bits per heavy atom. The van der Waals surface area contributed by atoms with Crippen molar-refractivity contribution in [3.05, 3.63) is 47.3 Å². The van der Waals surface area contributed by atoms with Gasteiger partial charge in [-0.3, -0.25) is 4.68 Å². The molecule has 0 spiro atoms. The number of nitrogens with zero attached hydrogens (tertiary/aromatic N) is 2. The van der Waals surface area contributed by atoms with E-state index in [1.54, 1.807) is 0 Å². The third-order valence-electron chi connectivity index (χ3n) is 3.99. The van der Waals surface area contributed by atoms with Gasteiger partial charge in [0.15, 0.2) is 0 Å². The van der Waals surface area contributed by atoms with E-state index < -0.39 is 0 Å². The van der Waals surface area contributed by atoms with Crippen molar-refractivity contribution in [1.29, 1.82) is 0 Å². The van der Waals surface area contributed by atoms with E-state index in [1.807, 2.05) is 17.9 Å². The van der Waals surface area contributed by atoms with E-state index in [0.29, 0.717) is 0 Å². The third kappa shape index (κ3) is 2.37. The molecule has 1 N–H and O–H groups in total. The summed E-state index contributed by atoms with van der Waals surface area (Å²) in [5, 5.41) is 7.70. The molecule has 0 bridgehead atoms. The van der Waals surface area contributed by atoms with Crippen molar-refractivity contribution in [1.82, 2.24) is 9.78 Å². The van der Waals surface area contributed by atoms with Crippen LogP contribution in [0.2, 0.25) is 0 Å². The number of benzene rings is 1. The molecule has 3 rings (SSSR count). The normalized spacial score (nSPS) is 16.2. The second kappa shape index (κ2) is 4.41.